The maximum atomic E-state index is 11.0. The second kappa shape index (κ2) is 6.33. The Morgan fingerprint density at radius 3 is 2.62 bits per heavy atom. The fraction of sp³-hybridized carbons (Fsp3) is 0.385. The summed E-state index contributed by atoms with van der Waals surface area (Å²) in [6.45, 7) is 2.55. The van der Waals surface area contributed by atoms with E-state index in [1.807, 2.05) is 31.2 Å². The summed E-state index contributed by atoms with van der Waals surface area (Å²) in [5, 5.41) is 18.0. The van der Waals surface area contributed by atoms with E-state index in [-0.39, 0.29) is 6.54 Å². The standard InChI is InChI=1S/C13H18N4O3S/c1-10-3-5-11(6-4-10)13(18)12-9-17(16-15-12)8-7-14-21(2,19)20/h3-6,9,13-14,18H,7-8H2,1-2H3. The van der Waals surface area contributed by atoms with Crippen LogP contribution in [-0.2, 0) is 16.6 Å². The van der Waals surface area contributed by atoms with Crippen LogP contribution in [0.25, 0.3) is 0 Å². The summed E-state index contributed by atoms with van der Waals surface area (Å²) < 4.78 is 25.8. The molecule has 8 heteroatoms. The number of sulfonamides is 1. The lowest BCUT2D eigenvalue weighted by atomic mass is 10.1. The largest absolute Gasteiger partial charge is 0.382 e. The first kappa shape index (κ1) is 15.6. The Labute approximate surface area is 123 Å². The third-order valence-electron chi connectivity index (χ3n) is 2.93. The van der Waals surface area contributed by atoms with Crippen molar-refractivity contribution in [1.82, 2.24) is 19.7 Å². The van der Waals surface area contributed by atoms with Crippen LogP contribution in [0.15, 0.2) is 30.5 Å². The molecule has 0 fully saturated rings. The van der Waals surface area contributed by atoms with E-state index in [9.17, 15) is 13.5 Å². The topological polar surface area (TPSA) is 97.1 Å². The van der Waals surface area contributed by atoms with Gasteiger partial charge in [-0.15, -0.1) is 5.10 Å². The Balaban J connectivity index is 2.00. The van der Waals surface area contributed by atoms with E-state index in [2.05, 4.69) is 15.0 Å². The van der Waals surface area contributed by atoms with Crippen molar-refractivity contribution in [1.29, 1.82) is 0 Å². The molecule has 2 N–H and O–H groups in total. The van der Waals surface area contributed by atoms with Gasteiger partial charge in [-0.05, 0) is 12.5 Å². The Kier molecular flexibility index (Phi) is 4.71. The first-order valence-electron chi connectivity index (χ1n) is 6.44. The lowest BCUT2D eigenvalue weighted by molar-refractivity contribution is 0.215. The van der Waals surface area contributed by atoms with Crippen molar-refractivity contribution < 1.29 is 13.5 Å². The molecule has 1 aromatic heterocycles. The molecule has 114 valence electrons. The fourth-order valence-corrected chi connectivity index (χ4v) is 2.28. The monoisotopic (exact) mass is 310 g/mol. The molecule has 21 heavy (non-hydrogen) atoms. The summed E-state index contributed by atoms with van der Waals surface area (Å²) >= 11 is 0. The molecule has 0 saturated carbocycles. The number of nitrogens with zero attached hydrogens (tertiary/aromatic N) is 3. The van der Waals surface area contributed by atoms with Gasteiger partial charge in [0.1, 0.15) is 11.8 Å². The van der Waals surface area contributed by atoms with Crippen LogP contribution in [0.4, 0.5) is 0 Å². The summed E-state index contributed by atoms with van der Waals surface area (Å²) in [7, 11) is -3.21. The van der Waals surface area contributed by atoms with Gasteiger partial charge in [0, 0.05) is 6.54 Å². The number of aryl methyl sites for hydroxylation is 1. The Bertz CT molecular complexity index is 694. The molecule has 0 amide bonds. The normalized spacial score (nSPS) is 13.3. The maximum Gasteiger partial charge on any atom is 0.208 e. The molecule has 1 unspecified atom stereocenters. The molecule has 1 heterocycles. The molecule has 2 aromatic rings. The third-order valence-corrected chi connectivity index (χ3v) is 3.66. The minimum atomic E-state index is -3.21. The average molecular weight is 310 g/mol. The van der Waals surface area contributed by atoms with Crippen LogP contribution in [0.5, 0.6) is 0 Å². The highest BCUT2D eigenvalue weighted by Crippen LogP contribution is 2.19. The SMILES string of the molecule is Cc1ccc(C(O)c2cn(CCNS(C)(=O)=O)nn2)cc1. The van der Waals surface area contributed by atoms with Gasteiger partial charge in [0.25, 0.3) is 0 Å². The van der Waals surface area contributed by atoms with Crippen LogP contribution < -0.4 is 4.72 Å². The van der Waals surface area contributed by atoms with Gasteiger partial charge in [-0.25, -0.2) is 13.1 Å². The highest BCUT2D eigenvalue weighted by Gasteiger charge is 2.14. The number of aliphatic hydroxyl groups is 1. The second-order valence-corrected chi connectivity index (χ2v) is 6.72. The molecule has 1 atom stereocenters. The Morgan fingerprint density at radius 2 is 2.00 bits per heavy atom. The average Bonchev–Trinajstić information content (AvgIpc) is 2.86. The summed E-state index contributed by atoms with van der Waals surface area (Å²) in [4.78, 5) is 0. The van der Waals surface area contributed by atoms with Gasteiger partial charge in [0.15, 0.2) is 0 Å². The van der Waals surface area contributed by atoms with E-state index in [1.165, 1.54) is 4.68 Å². The van der Waals surface area contributed by atoms with E-state index in [1.54, 1.807) is 6.20 Å². The first-order valence-corrected chi connectivity index (χ1v) is 8.33. The lowest BCUT2D eigenvalue weighted by Gasteiger charge is -2.07. The maximum absolute atomic E-state index is 11.0. The molecule has 0 spiro atoms. The van der Waals surface area contributed by atoms with Gasteiger partial charge in [-0.3, -0.25) is 4.68 Å². The van der Waals surface area contributed by atoms with Crippen molar-refractivity contribution >= 4 is 10.0 Å². The first-order chi connectivity index (χ1) is 9.85. The smallest absolute Gasteiger partial charge is 0.208 e. The number of rotatable bonds is 6. The Morgan fingerprint density at radius 1 is 1.33 bits per heavy atom. The molecule has 2 rings (SSSR count). The van der Waals surface area contributed by atoms with Crippen molar-refractivity contribution in [2.45, 2.75) is 19.6 Å². The van der Waals surface area contributed by atoms with Crippen molar-refractivity contribution in [2.75, 3.05) is 12.8 Å². The molecule has 0 saturated heterocycles. The molecule has 0 aliphatic heterocycles. The number of nitrogens with one attached hydrogen (secondary N) is 1. The van der Waals surface area contributed by atoms with E-state index in [4.69, 9.17) is 0 Å². The predicted octanol–water partition coefficient (Wildman–Crippen LogP) is 0.217. The van der Waals surface area contributed by atoms with E-state index < -0.39 is 16.1 Å². The zero-order chi connectivity index (χ0) is 15.5. The van der Waals surface area contributed by atoms with Crippen molar-refractivity contribution in [2.24, 2.45) is 0 Å². The van der Waals surface area contributed by atoms with Crippen molar-refractivity contribution in [3.63, 3.8) is 0 Å². The van der Waals surface area contributed by atoms with Gasteiger partial charge >= 0.3 is 0 Å². The molecular weight excluding hydrogens is 292 g/mol. The van der Waals surface area contributed by atoms with Crippen LogP contribution in [0.2, 0.25) is 0 Å². The van der Waals surface area contributed by atoms with E-state index in [0.29, 0.717) is 12.2 Å². The van der Waals surface area contributed by atoms with Crippen LogP contribution in [0.1, 0.15) is 22.9 Å². The molecule has 0 radical (unpaired) electrons. The molecule has 1 aromatic carbocycles. The minimum Gasteiger partial charge on any atom is -0.382 e. The predicted molar refractivity (Wildman–Crippen MR) is 78.1 cm³/mol. The van der Waals surface area contributed by atoms with Gasteiger partial charge in [0.05, 0.1) is 19.0 Å². The molecular formula is C13H18N4O3S. The third kappa shape index (κ3) is 4.62. The fourth-order valence-electron chi connectivity index (χ4n) is 1.81. The lowest BCUT2D eigenvalue weighted by Crippen LogP contribution is -2.26. The van der Waals surface area contributed by atoms with Crippen LogP contribution >= 0.6 is 0 Å². The number of hydrogen-bond acceptors (Lipinski definition) is 5. The highest BCUT2D eigenvalue weighted by molar-refractivity contribution is 7.88. The van der Waals surface area contributed by atoms with Crippen LogP contribution in [0, 0.1) is 6.92 Å². The summed E-state index contributed by atoms with van der Waals surface area (Å²) in [5.41, 5.74) is 2.28. The quantitative estimate of drug-likeness (QED) is 0.795. The number of aliphatic hydroxyl groups excluding tert-OH is 1. The molecule has 7 nitrogen and oxygen atoms in total. The van der Waals surface area contributed by atoms with Crippen LogP contribution in [-0.4, -0.2) is 41.3 Å². The Hall–Kier alpha value is -1.77. The number of benzene rings is 1. The second-order valence-electron chi connectivity index (χ2n) is 4.89. The van der Waals surface area contributed by atoms with Crippen molar-refractivity contribution in [3.8, 4) is 0 Å². The zero-order valence-electron chi connectivity index (χ0n) is 11.9. The summed E-state index contributed by atoms with van der Waals surface area (Å²) in [5.74, 6) is 0. The van der Waals surface area contributed by atoms with E-state index in [0.717, 1.165) is 17.4 Å². The molecule has 0 aliphatic carbocycles. The molecule has 0 aliphatic rings. The van der Waals surface area contributed by atoms with Gasteiger partial charge in [-0.1, -0.05) is 35.0 Å². The minimum absolute atomic E-state index is 0.224. The molecule has 0 bridgehead atoms. The highest BCUT2D eigenvalue weighted by atomic mass is 32.2. The summed E-state index contributed by atoms with van der Waals surface area (Å²) in [6, 6.07) is 7.51. The van der Waals surface area contributed by atoms with Crippen LogP contribution in [0.3, 0.4) is 0 Å². The zero-order valence-corrected chi connectivity index (χ0v) is 12.7. The number of hydrogen-bond donors (Lipinski definition) is 2. The van der Waals surface area contributed by atoms with E-state index >= 15 is 0 Å². The van der Waals surface area contributed by atoms with Gasteiger partial charge in [-0.2, -0.15) is 0 Å². The van der Waals surface area contributed by atoms with Gasteiger partial charge < -0.3 is 5.11 Å². The van der Waals surface area contributed by atoms with Gasteiger partial charge in [0.2, 0.25) is 10.0 Å². The number of aromatic nitrogens is 3. The van der Waals surface area contributed by atoms with Crippen molar-refractivity contribution in [3.05, 3.63) is 47.3 Å². The summed E-state index contributed by atoms with van der Waals surface area (Å²) in [6.07, 6.45) is 1.86.